The Morgan fingerprint density at radius 2 is 0.778 bits per heavy atom. The second-order valence-corrected chi connectivity index (χ2v) is 17.5. The second kappa shape index (κ2) is 11.6. The summed E-state index contributed by atoms with van der Waals surface area (Å²) in [6.45, 7) is 25.1. The first kappa shape index (κ1) is 30.3. The summed E-state index contributed by atoms with van der Waals surface area (Å²) in [6, 6.07) is 15.2. The van der Waals surface area contributed by atoms with Gasteiger partial charge in [-0.1, -0.05) is 36.4 Å². The molecule has 0 aliphatic heterocycles. The third-order valence-electron chi connectivity index (χ3n) is 4.91. The van der Waals surface area contributed by atoms with Gasteiger partial charge in [-0.15, -0.1) is 0 Å². The van der Waals surface area contributed by atoms with Crippen molar-refractivity contribution in [3.05, 3.63) is 36.4 Å². The van der Waals surface area contributed by atoms with Crippen molar-refractivity contribution in [3.8, 4) is 23.0 Å². The van der Waals surface area contributed by atoms with Gasteiger partial charge in [0.1, 0.15) is 22.4 Å². The molecule has 36 heavy (non-hydrogen) atoms. The quantitative estimate of drug-likeness (QED) is 0.316. The average molecular weight is 531 g/mol. The number of para-hydroxylation sites is 2. The maximum absolute atomic E-state index is 6.45. The van der Waals surface area contributed by atoms with Gasteiger partial charge in [0.05, 0.1) is 19.0 Å². The summed E-state index contributed by atoms with van der Waals surface area (Å²) in [6.07, 6.45) is 0. The summed E-state index contributed by atoms with van der Waals surface area (Å²) in [7, 11) is -1.05. The van der Waals surface area contributed by atoms with Crippen molar-refractivity contribution >= 4 is 29.4 Å². The lowest BCUT2D eigenvalue weighted by Gasteiger charge is -2.29. The summed E-state index contributed by atoms with van der Waals surface area (Å²) in [5, 5.41) is 2.69. The molecule has 0 amide bonds. The molecule has 0 aliphatic rings. The van der Waals surface area contributed by atoms with Gasteiger partial charge in [-0.05, 0) is 106 Å². The number of hydrogen-bond donors (Lipinski definition) is 0. The third-order valence-corrected chi connectivity index (χ3v) is 9.81. The monoisotopic (exact) mass is 530 g/mol. The van der Waals surface area contributed by atoms with E-state index >= 15 is 0 Å². The van der Waals surface area contributed by atoms with Crippen LogP contribution in [0.2, 0.25) is 12.1 Å². The predicted octanol–water partition coefficient (Wildman–Crippen LogP) is 5.52. The summed E-state index contributed by atoms with van der Waals surface area (Å²) in [5.41, 5.74) is -1.09. The summed E-state index contributed by atoms with van der Waals surface area (Å²) in [4.78, 5) is 0. The van der Waals surface area contributed by atoms with E-state index in [4.69, 9.17) is 18.9 Å². The standard InChI is InChI=1S/C30H50O4Si2/c1-27(2,3)31-21-15-13-17-23(25(21)33-29(7,8)9)35-19-20-36-24-18-14-16-22(32-28(4,5)6)26(24)34-30(10,11)12/h13-18H,19-20,35-36H2,1-12H3. The number of hydrogen-bond acceptors (Lipinski definition) is 4. The van der Waals surface area contributed by atoms with E-state index < -0.39 is 19.0 Å². The van der Waals surface area contributed by atoms with Gasteiger partial charge in [-0.3, -0.25) is 0 Å². The fraction of sp³-hybridized carbons (Fsp3) is 0.600. The lowest BCUT2D eigenvalue weighted by atomic mass is 10.1. The Balaban J connectivity index is 2.21. The number of benzene rings is 2. The van der Waals surface area contributed by atoms with Crippen LogP contribution in [0, 0.1) is 0 Å². The number of rotatable bonds is 9. The van der Waals surface area contributed by atoms with Crippen LogP contribution in [-0.2, 0) is 0 Å². The van der Waals surface area contributed by atoms with Gasteiger partial charge in [0.25, 0.3) is 0 Å². The first-order chi connectivity index (χ1) is 16.3. The Hall–Kier alpha value is -1.93. The SMILES string of the molecule is CC(C)(C)Oc1cccc([SiH2]CC[SiH2]c2cccc(OC(C)(C)C)c2OC(C)(C)C)c1OC(C)(C)C. The fourth-order valence-electron chi connectivity index (χ4n) is 3.81. The van der Waals surface area contributed by atoms with Gasteiger partial charge in [0.2, 0.25) is 0 Å². The molecule has 202 valence electrons. The maximum Gasteiger partial charge on any atom is 0.161 e. The molecule has 2 aromatic rings. The van der Waals surface area contributed by atoms with Gasteiger partial charge in [-0.25, -0.2) is 0 Å². The largest absolute Gasteiger partial charge is 0.484 e. The lowest BCUT2D eigenvalue weighted by Crippen LogP contribution is -2.31. The molecule has 2 aromatic carbocycles. The van der Waals surface area contributed by atoms with Crippen LogP contribution in [0.4, 0.5) is 0 Å². The zero-order valence-corrected chi connectivity index (χ0v) is 27.8. The molecular weight excluding hydrogens is 480 g/mol. The molecule has 0 spiro atoms. The average Bonchev–Trinajstić information content (AvgIpc) is 2.65. The van der Waals surface area contributed by atoms with E-state index in [-0.39, 0.29) is 22.4 Å². The summed E-state index contributed by atoms with van der Waals surface area (Å²) >= 11 is 0. The minimum absolute atomic E-state index is 0.271. The van der Waals surface area contributed by atoms with E-state index in [1.165, 1.54) is 22.5 Å². The highest BCUT2D eigenvalue weighted by molar-refractivity contribution is 6.60. The first-order valence-corrected chi connectivity index (χ1v) is 16.7. The smallest absolute Gasteiger partial charge is 0.161 e. The molecule has 0 radical (unpaired) electrons. The first-order valence-electron chi connectivity index (χ1n) is 13.3. The normalized spacial score (nSPS) is 13.6. The molecular formula is C30H50O4Si2. The Kier molecular flexibility index (Phi) is 9.79. The molecule has 0 unspecified atom stereocenters. The highest BCUT2D eigenvalue weighted by Gasteiger charge is 2.24. The topological polar surface area (TPSA) is 36.9 Å². The molecule has 0 fully saturated rings. The zero-order chi connectivity index (χ0) is 27.4. The molecule has 2 rings (SSSR count). The van der Waals surface area contributed by atoms with Gasteiger partial charge in [0.15, 0.2) is 23.0 Å². The maximum atomic E-state index is 6.45. The Bertz CT molecular complexity index is 908. The molecule has 0 bridgehead atoms. The van der Waals surface area contributed by atoms with Crippen LogP contribution < -0.4 is 29.3 Å². The Morgan fingerprint density at radius 1 is 0.472 bits per heavy atom. The highest BCUT2D eigenvalue weighted by atomic mass is 28.2. The minimum Gasteiger partial charge on any atom is -0.484 e. The van der Waals surface area contributed by atoms with Crippen LogP contribution in [0.3, 0.4) is 0 Å². The van der Waals surface area contributed by atoms with Gasteiger partial charge >= 0.3 is 0 Å². The van der Waals surface area contributed by atoms with Crippen LogP contribution in [0.15, 0.2) is 36.4 Å². The molecule has 0 aromatic heterocycles. The van der Waals surface area contributed by atoms with Crippen molar-refractivity contribution in [2.75, 3.05) is 0 Å². The Labute approximate surface area is 225 Å². The van der Waals surface area contributed by atoms with E-state index in [1.54, 1.807) is 0 Å². The van der Waals surface area contributed by atoms with E-state index in [0.717, 1.165) is 23.0 Å². The van der Waals surface area contributed by atoms with Crippen LogP contribution in [0.5, 0.6) is 23.0 Å². The Morgan fingerprint density at radius 3 is 1.06 bits per heavy atom. The zero-order valence-electron chi connectivity index (χ0n) is 24.9. The lowest BCUT2D eigenvalue weighted by molar-refractivity contribution is 0.0969. The molecule has 0 atom stereocenters. The minimum atomic E-state index is -0.525. The molecule has 0 saturated heterocycles. The predicted molar refractivity (Wildman–Crippen MR) is 160 cm³/mol. The van der Waals surface area contributed by atoms with Crippen molar-refractivity contribution in [3.63, 3.8) is 0 Å². The molecule has 0 N–H and O–H groups in total. The molecule has 0 heterocycles. The van der Waals surface area contributed by atoms with Crippen molar-refractivity contribution in [2.24, 2.45) is 0 Å². The molecule has 6 heteroatoms. The molecule has 4 nitrogen and oxygen atoms in total. The third kappa shape index (κ3) is 11.0. The van der Waals surface area contributed by atoms with Crippen molar-refractivity contribution in [2.45, 2.75) is 118 Å². The van der Waals surface area contributed by atoms with Crippen LogP contribution in [0.1, 0.15) is 83.1 Å². The fourth-order valence-corrected chi connectivity index (χ4v) is 8.13. The van der Waals surface area contributed by atoms with E-state index in [9.17, 15) is 0 Å². The van der Waals surface area contributed by atoms with Crippen LogP contribution >= 0.6 is 0 Å². The van der Waals surface area contributed by atoms with E-state index in [1.807, 2.05) is 12.1 Å². The summed E-state index contributed by atoms with van der Waals surface area (Å²) in [5.74, 6) is 3.58. The van der Waals surface area contributed by atoms with Gasteiger partial charge in [0, 0.05) is 0 Å². The molecule has 0 saturated carbocycles. The van der Waals surface area contributed by atoms with Crippen molar-refractivity contribution < 1.29 is 18.9 Å². The van der Waals surface area contributed by atoms with E-state index in [0.29, 0.717) is 0 Å². The second-order valence-electron chi connectivity index (χ2n) is 13.6. The van der Waals surface area contributed by atoms with Gasteiger partial charge in [-0.2, -0.15) is 0 Å². The van der Waals surface area contributed by atoms with Gasteiger partial charge < -0.3 is 18.9 Å². The van der Waals surface area contributed by atoms with E-state index in [2.05, 4.69) is 107 Å². The summed E-state index contributed by atoms with van der Waals surface area (Å²) < 4.78 is 25.5. The van der Waals surface area contributed by atoms with Crippen molar-refractivity contribution in [1.82, 2.24) is 0 Å². The molecule has 0 aliphatic carbocycles. The number of ether oxygens (including phenoxy) is 4. The van der Waals surface area contributed by atoms with Crippen molar-refractivity contribution in [1.29, 1.82) is 0 Å². The van der Waals surface area contributed by atoms with Crippen LogP contribution in [-0.4, -0.2) is 41.4 Å². The highest BCUT2D eigenvalue weighted by Crippen LogP contribution is 2.32. The van der Waals surface area contributed by atoms with Crippen LogP contribution in [0.25, 0.3) is 0 Å².